The van der Waals surface area contributed by atoms with Crippen LogP contribution in [0.1, 0.15) is 19.8 Å². The van der Waals surface area contributed by atoms with Crippen molar-refractivity contribution in [1.82, 2.24) is 0 Å². The number of nitrogens with zero attached hydrogens (tertiary/aromatic N) is 1. The predicted molar refractivity (Wildman–Crippen MR) is 82.3 cm³/mol. The lowest BCUT2D eigenvalue weighted by Crippen LogP contribution is -2.36. The molecule has 0 saturated carbocycles. The molecule has 1 fully saturated rings. The molecule has 1 aliphatic rings. The van der Waals surface area contributed by atoms with Crippen molar-refractivity contribution in [1.29, 1.82) is 0 Å². The number of esters is 1. The van der Waals surface area contributed by atoms with E-state index in [1.807, 2.05) is 19.1 Å². The van der Waals surface area contributed by atoms with Gasteiger partial charge in [0.1, 0.15) is 5.75 Å². The first-order valence-electron chi connectivity index (χ1n) is 6.90. The van der Waals surface area contributed by atoms with Gasteiger partial charge in [0.25, 0.3) is 0 Å². The predicted octanol–water partition coefficient (Wildman–Crippen LogP) is 3.24. The van der Waals surface area contributed by atoms with Crippen LogP contribution in [0.4, 0.5) is 5.69 Å². The molecule has 2 rings (SSSR count). The highest BCUT2D eigenvalue weighted by Crippen LogP contribution is 2.31. The van der Waals surface area contributed by atoms with E-state index in [0.717, 1.165) is 41.8 Å². The summed E-state index contributed by atoms with van der Waals surface area (Å²) in [4.78, 5) is 14.0. The fourth-order valence-corrected chi connectivity index (χ4v) is 2.89. The van der Waals surface area contributed by atoms with Gasteiger partial charge in [-0.1, -0.05) is 0 Å². The Balaban J connectivity index is 1.98. The molecule has 0 spiro atoms. The highest BCUT2D eigenvalue weighted by atomic mass is 79.9. The van der Waals surface area contributed by atoms with Crippen LogP contribution in [0, 0.1) is 5.92 Å². The van der Waals surface area contributed by atoms with Crippen LogP contribution in [0.2, 0.25) is 0 Å². The Kier molecular flexibility index (Phi) is 5.29. The van der Waals surface area contributed by atoms with Gasteiger partial charge in [-0.15, -0.1) is 0 Å². The third kappa shape index (κ3) is 3.45. The maximum absolute atomic E-state index is 11.7. The van der Waals surface area contributed by atoms with Crippen molar-refractivity contribution >= 4 is 27.6 Å². The molecule has 1 aromatic rings. The molecule has 0 N–H and O–H groups in total. The van der Waals surface area contributed by atoms with Crippen molar-refractivity contribution < 1.29 is 14.3 Å². The van der Waals surface area contributed by atoms with Crippen LogP contribution in [0.25, 0.3) is 0 Å². The summed E-state index contributed by atoms with van der Waals surface area (Å²) in [6, 6.07) is 6.08. The molecule has 0 atom stereocenters. The van der Waals surface area contributed by atoms with Crippen molar-refractivity contribution in [3.05, 3.63) is 22.7 Å². The zero-order valence-electron chi connectivity index (χ0n) is 11.9. The van der Waals surface area contributed by atoms with Crippen LogP contribution in [-0.2, 0) is 9.53 Å². The summed E-state index contributed by atoms with van der Waals surface area (Å²) < 4.78 is 11.4. The molecule has 0 amide bonds. The maximum Gasteiger partial charge on any atom is 0.309 e. The van der Waals surface area contributed by atoms with Gasteiger partial charge in [-0.2, -0.15) is 0 Å². The largest absolute Gasteiger partial charge is 0.495 e. The zero-order chi connectivity index (χ0) is 14.5. The molecule has 4 nitrogen and oxygen atoms in total. The second-order valence-corrected chi connectivity index (χ2v) is 5.69. The molecule has 20 heavy (non-hydrogen) atoms. The van der Waals surface area contributed by atoms with Crippen molar-refractivity contribution in [2.24, 2.45) is 5.92 Å². The molecule has 0 aliphatic carbocycles. The molecule has 110 valence electrons. The molecular formula is C15H20BrNO3. The van der Waals surface area contributed by atoms with E-state index in [9.17, 15) is 4.79 Å². The van der Waals surface area contributed by atoms with Crippen molar-refractivity contribution in [3.63, 3.8) is 0 Å². The normalized spacial score (nSPS) is 16.1. The van der Waals surface area contributed by atoms with Gasteiger partial charge in [0.05, 0.1) is 24.1 Å². The van der Waals surface area contributed by atoms with Crippen LogP contribution >= 0.6 is 15.9 Å². The number of piperidine rings is 1. The summed E-state index contributed by atoms with van der Waals surface area (Å²) in [6.07, 6.45) is 1.69. The molecule has 0 aromatic heterocycles. The van der Waals surface area contributed by atoms with Crippen LogP contribution in [0.15, 0.2) is 22.7 Å². The number of ether oxygens (including phenoxy) is 2. The van der Waals surface area contributed by atoms with Crippen LogP contribution in [0.3, 0.4) is 0 Å². The Morgan fingerprint density at radius 2 is 2.10 bits per heavy atom. The second kappa shape index (κ2) is 6.97. The van der Waals surface area contributed by atoms with Crippen molar-refractivity contribution in [2.45, 2.75) is 19.8 Å². The SMILES string of the molecule is CCOC(=O)C1CCN(c2ccc(Br)c(OC)c2)CC1. The minimum Gasteiger partial charge on any atom is -0.495 e. The number of hydrogen-bond donors (Lipinski definition) is 0. The third-order valence-electron chi connectivity index (χ3n) is 3.61. The lowest BCUT2D eigenvalue weighted by atomic mass is 9.96. The lowest BCUT2D eigenvalue weighted by Gasteiger charge is -2.32. The molecule has 5 heteroatoms. The van der Waals surface area contributed by atoms with E-state index in [0.29, 0.717) is 6.61 Å². The van der Waals surface area contributed by atoms with Gasteiger partial charge in [0.2, 0.25) is 0 Å². The standard InChI is InChI=1S/C15H20BrNO3/c1-3-20-15(18)11-6-8-17(9-7-11)12-4-5-13(16)14(10-12)19-2/h4-5,10-11H,3,6-9H2,1-2H3. The Labute approximate surface area is 128 Å². The van der Waals surface area contributed by atoms with Gasteiger partial charge in [0, 0.05) is 24.8 Å². The minimum absolute atomic E-state index is 0.0449. The van der Waals surface area contributed by atoms with Crippen LogP contribution in [0.5, 0.6) is 5.75 Å². The van der Waals surface area contributed by atoms with Crippen LogP contribution in [-0.4, -0.2) is 32.8 Å². The summed E-state index contributed by atoms with van der Waals surface area (Å²) in [5.74, 6) is 0.819. The number of benzene rings is 1. The molecule has 1 aliphatic heterocycles. The number of rotatable bonds is 4. The van der Waals surface area contributed by atoms with Crippen molar-refractivity contribution in [3.8, 4) is 5.75 Å². The molecule has 1 saturated heterocycles. The average Bonchev–Trinajstić information content (AvgIpc) is 2.48. The average molecular weight is 342 g/mol. The van der Waals surface area contributed by atoms with E-state index < -0.39 is 0 Å². The van der Waals surface area contributed by atoms with E-state index in [4.69, 9.17) is 9.47 Å². The lowest BCUT2D eigenvalue weighted by molar-refractivity contribution is -0.148. The van der Waals surface area contributed by atoms with Gasteiger partial charge in [-0.05, 0) is 47.8 Å². The topological polar surface area (TPSA) is 38.8 Å². The first kappa shape index (κ1) is 15.2. The summed E-state index contributed by atoms with van der Waals surface area (Å²) in [6.45, 7) is 4.05. The Bertz CT molecular complexity index is 470. The first-order chi connectivity index (χ1) is 9.65. The highest BCUT2D eigenvalue weighted by molar-refractivity contribution is 9.10. The van der Waals surface area contributed by atoms with Gasteiger partial charge >= 0.3 is 5.97 Å². The monoisotopic (exact) mass is 341 g/mol. The molecule has 0 bridgehead atoms. The van der Waals surface area contributed by atoms with Gasteiger partial charge < -0.3 is 14.4 Å². The number of carbonyl (C=O) groups excluding carboxylic acids is 1. The van der Waals surface area contributed by atoms with E-state index in [-0.39, 0.29) is 11.9 Å². The number of methoxy groups -OCH3 is 1. The van der Waals surface area contributed by atoms with E-state index in [2.05, 4.69) is 26.9 Å². The van der Waals surface area contributed by atoms with Gasteiger partial charge in [-0.25, -0.2) is 0 Å². The highest BCUT2D eigenvalue weighted by Gasteiger charge is 2.26. The molecule has 0 radical (unpaired) electrons. The molecule has 1 aromatic carbocycles. The third-order valence-corrected chi connectivity index (χ3v) is 4.27. The summed E-state index contributed by atoms with van der Waals surface area (Å²) in [5, 5.41) is 0. The molecule has 1 heterocycles. The molecular weight excluding hydrogens is 322 g/mol. The Morgan fingerprint density at radius 1 is 1.40 bits per heavy atom. The van der Waals surface area contributed by atoms with E-state index in [1.54, 1.807) is 7.11 Å². The first-order valence-corrected chi connectivity index (χ1v) is 7.70. The van der Waals surface area contributed by atoms with Gasteiger partial charge in [-0.3, -0.25) is 4.79 Å². The molecule has 0 unspecified atom stereocenters. The quantitative estimate of drug-likeness (QED) is 0.788. The Hall–Kier alpha value is -1.23. The second-order valence-electron chi connectivity index (χ2n) is 4.83. The maximum atomic E-state index is 11.7. The van der Waals surface area contributed by atoms with E-state index in [1.165, 1.54) is 0 Å². The fraction of sp³-hybridized carbons (Fsp3) is 0.533. The Morgan fingerprint density at radius 3 is 2.70 bits per heavy atom. The van der Waals surface area contributed by atoms with Crippen molar-refractivity contribution in [2.75, 3.05) is 31.7 Å². The number of carbonyl (C=O) groups is 1. The zero-order valence-corrected chi connectivity index (χ0v) is 13.5. The smallest absolute Gasteiger partial charge is 0.309 e. The fourth-order valence-electron chi connectivity index (χ4n) is 2.48. The minimum atomic E-state index is -0.0551. The number of hydrogen-bond acceptors (Lipinski definition) is 4. The summed E-state index contributed by atoms with van der Waals surface area (Å²) in [5.41, 5.74) is 1.13. The van der Waals surface area contributed by atoms with Gasteiger partial charge in [0.15, 0.2) is 0 Å². The summed E-state index contributed by atoms with van der Waals surface area (Å²) >= 11 is 3.46. The number of anilines is 1. The van der Waals surface area contributed by atoms with E-state index >= 15 is 0 Å². The summed E-state index contributed by atoms with van der Waals surface area (Å²) in [7, 11) is 1.66. The van der Waals surface area contributed by atoms with Crippen LogP contribution < -0.4 is 9.64 Å². The number of halogens is 1.